The van der Waals surface area contributed by atoms with Crippen molar-refractivity contribution in [2.45, 2.75) is 32.8 Å². The summed E-state index contributed by atoms with van der Waals surface area (Å²) < 4.78 is 18.7. The molecule has 0 bridgehead atoms. The maximum Gasteiger partial charge on any atom is 0.260 e. The Balaban J connectivity index is 2.12. The van der Waals surface area contributed by atoms with E-state index >= 15 is 0 Å². The van der Waals surface area contributed by atoms with Crippen LogP contribution in [0.5, 0.6) is 5.75 Å². The van der Waals surface area contributed by atoms with Gasteiger partial charge in [-0.1, -0.05) is 31.2 Å². The lowest BCUT2D eigenvalue weighted by atomic mass is 9.84. The van der Waals surface area contributed by atoms with E-state index in [2.05, 4.69) is 0 Å². The van der Waals surface area contributed by atoms with E-state index < -0.39 is 5.60 Å². The monoisotopic (exact) mass is 359 g/mol. The molecule has 0 saturated carbocycles. The molecule has 5 heteroatoms. The van der Waals surface area contributed by atoms with Crippen LogP contribution in [0.4, 0.5) is 4.39 Å². The zero-order valence-electron chi connectivity index (χ0n) is 15.5. The van der Waals surface area contributed by atoms with Crippen LogP contribution in [0.25, 0.3) is 0 Å². The molecule has 1 atom stereocenters. The molecule has 0 spiro atoms. The molecule has 2 aromatic rings. The summed E-state index contributed by atoms with van der Waals surface area (Å²) in [7, 11) is 0. The first kappa shape index (κ1) is 19.9. The topological polar surface area (TPSA) is 49.8 Å². The minimum atomic E-state index is -1.21. The van der Waals surface area contributed by atoms with Gasteiger partial charge in [-0.2, -0.15) is 0 Å². The number of aliphatic hydroxyl groups is 1. The molecule has 2 rings (SSSR count). The number of rotatable bonds is 8. The quantitative estimate of drug-likeness (QED) is 0.781. The van der Waals surface area contributed by atoms with Gasteiger partial charge in [-0.15, -0.1) is 0 Å². The van der Waals surface area contributed by atoms with Crippen LogP contribution in [-0.2, 0) is 10.4 Å². The van der Waals surface area contributed by atoms with Crippen LogP contribution in [0.15, 0.2) is 48.5 Å². The summed E-state index contributed by atoms with van der Waals surface area (Å²) in [5.41, 5.74) is 0.115. The summed E-state index contributed by atoms with van der Waals surface area (Å²) in [6.45, 7) is 7.01. The van der Waals surface area contributed by atoms with E-state index in [4.69, 9.17) is 4.74 Å². The number of hydrogen-bond donors (Lipinski definition) is 1. The number of carbonyl (C=O) groups excluding carboxylic acids is 1. The number of nitrogens with zero attached hydrogens (tertiary/aromatic N) is 1. The van der Waals surface area contributed by atoms with Gasteiger partial charge in [-0.05, 0) is 55.7 Å². The molecule has 0 radical (unpaired) electrons. The van der Waals surface area contributed by atoms with Gasteiger partial charge >= 0.3 is 0 Å². The first-order valence-corrected chi connectivity index (χ1v) is 8.94. The summed E-state index contributed by atoms with van der Waals surface area (Å²) >= 11 is 0. The number of halogens is 1. The smallest absolute Gasteiger partial charge is 0.260 e. The van der Waals surface area contributed by atoms with Crippen molar-refractivity contribution in [3.63, 3.8) is 0 Å². The molecule has 0 aliphatic rings. The number of benzene rings is 2. The third-order valence-electron chi connectivity index (χ3n) is 4.64. The zero-order chi connectivity index (χ0) is 19.2. The summed E-state index contributed by atoms with van der Waals surface area (Å²) in [5, 5.41) is 11.1. The molecule has 1 unspecified atom stereocenters. The van der Waals surface area contributed by atoms with Gasteiger partial charge in [0.05, 0.1) is 0 Å². The molecular formula is C21H26FNO3. The highest BCUT2D eigenvalue weighted by Gasteiger charge is 2.29. The fourth-order valence-electron chi connectivity index (χ4n) is 2.94. The van der Waals surface area contributed by atoms with Gasteiger partial charge in [0.2, 0.25) is 0 Å². The molecule has 0 aromatic heterocycles. The summed E-state index contributed by atoms with van der Waals surface area (Å²) in [6, 6.07) is 12.9. The van der Waals surface area contributed by atoms with Crippen LogP contribution in [-0.4, -0.2) is 35.6 Å². The molecule has 4 nitrogen and oxygen atoms in total. The lowest BCUT2D eigenvalue weighted by Crippen LogP contribution is -2.34. The molecule has 0 aliphatic heterocycles. The lowest BCUT2D eigenvalue weighted by Gasteiger charge is -2.28. The Hall–Kier alpha value is -2.40. The molecule has 2 aromatic carbocycles. The lowest BCUT2D eigenvalue weighted by molar-refractivity contribution is -0.132. The van der Waals surface area contributed by atoms with Crippen LogP contribution >= 0.6 is 0 Å². The molecule has 0 aliphatic carbocycles. The molecule has 140 valence electrons. The summed E-state index contributed by atoms with van der Waals surface area (Å²) in [5.74, 6) is 0.163. The van der Waals surface area contributed by atoms with E-state index in [9.17, 15) is 14.3 Å². The fourth-order valence-corrected chi connectivity index (χ4v) is 2.94. The third-order valence-corrected chi connectivity index (χ3v) is 4.64. The maximum absolute atomic E-state index is 13.2. The molecule has 0 heterocycles. The first-order valence-electron chi connectivity index (χ1n) is 8.94. The Bertz CT molecular complexity index is 711. The highest BCUT2D eigenvalue weighted by molar-refractivity contribution is 5.77. The van der Waals surface area contributed by atoms with Crippen LogP contribution in [0.3, 0.4) is 0 Å². The van der Waals surface area contributed by atoms with Gasteiger partial charge in [-0.25, -0.2) is 4.39 Å². The van der Waals surface area contributed by atoms with Crippen molar-refractivity contribution in [1.82, 2.24) is 4.90 Å². The molecule has 0 fully saturated rings. The highest BCUT2D eigenvalue weighted by atomic mass is 19.1. The third kappa shape index (κ3) is 4.41. The van der Waals surface area contributed by atoms with Gasteiger partial charge in [0, 0.05) is 13.1 Å². The Kier molecular flexibility index (Phi) is 6.75. The second-order valence-corrected chi connectivity index (χ2v) is 6.10. The van der Waals surface area contributed by atoms with Crippen molar-refractivity contribution < 1.29 is 19.0 Å². The van der Waals surface area contributed by atoms with Crippen LogP contribution in [0.2, 0.25) is 0 Å². The second-order valence-electron chi connectivity index (χ2n) is 6.10. The molecule has 26 heavy (non-hydrogen) atoms. The van der Waals surface area contributed by atoms with Crippen LogP contribution in [0.1, 0.15) is 38.3 Å². The number of amides is 1. The zero-order valence-corrected chi connectivity index (χ0v) is 15.5. The van der Waals surface area contributed by atoms with Gasteiger partial charge in [0.15, 0.2) is 6.61 Å². The SMILES string of the molecule is CCN(CC)C(=O)COc1ccc(C(O)(CC)c2ccc(F)cc2)cc1. The average molecular weight is 359 g/mol. The maximum atomic E-state index is 13.2. The van der Waals surface area contributed by atoms with E-state index in [0.717, 1.165) is 0 Å². The normalized spacial score (nSPS) is 13.1. The minimum Gasteiger partial charge on any atom is -0.484 e. The van der Waals surface area contributed by atoms with Crippen molar-refractivity contribution in [1.29, 1.82) is 0 Å². The van der Waals surface area contributed by atoms with Crippen molar-refractivity contribution in [3.8, 4) is 5.75 Å². The van der Waals surface area contributed by atoms with Crippen LogP contribution < -0.4 is 4.74 Å². The minimum absolute atomic E-state index is 0.0168. The Labute approximate surface area is 154 Å². The second kappa shape index (κ2) is 8.81. The standard InChI is InChI=1S/C21H26FNO3/c1-4-21(25,16-7-11-18(22)12-8-16)17-9-13-19(14-10-17)26-15-20(24)23(5-2)6-3/h7-14,25H,4-6,15H2,1-3H3. The Morgan fingerprint density at radius 1 is 1.00 bits per heavy atom. The van der Waals surface area contributed by atoms with Crippen LogP contribution in [0, 0.1) is 5.82 Å². The molecule has 1 N–H and O–H groups in total. The summed E-state index contributed by atoms with van der Waals surface area (Å²) in [4.78, 5) is 13.7. The van der Waals surface area contributed by atoms with E-state index in [-0.39, 0.29) is 18.3 Å². The highest BCUT2D eigenvalue weighted by Crippen LogP contribution is 2.33. The Morgan fingerprint density at radius 3 is 1.96 bits per heavy atom. The number of carbonyl (C=O) groups is 1. The fraction of sp³-hybridized carbons (Fsp3) is 0.381. The first-order chi connectivity index (χ1) is 12.4. The van der Waals surface area contributed by atoms with Gasteiger partial charge in [0.25, 0.3) is 5.91 Å². The number of ether oxygens (including phenoxy) is 1. The van der Waals surface area contributed by atoms with Gasteiger partial charge < -0.3 is 14.7 Å². The predicted octanol–water partition coefficient (Wildman–Crippen LogP) is 3.72. The predicted molar refractivity (Wildman–Crippen MR) is 99.6 cm³/mol. The number of likely N-dealkylation sites (N-methyl/N-ethyl adjacent to an activating group) is 1. The number of hydrogen-bond acceptors (Lipinski definition) is 3. The van der Waals surface area contributed by atoms with E-state index in [1.54, 1.807) is 41.3 Å². The van der Waals surface area contributed by atoms with E-state index in [1.165, 1.54) is 12.1 Å². The average Bonchev–Trinajstić information content (AvgIpc) is 2.67. The van der Waals surface area contributed by atoms with Crippen molar-refractivity contribution >= 4 is 5.91 Å². The molecule has 1 amide bonds. The van der Waals surface area contributed by atoms with Crippen molar-refractivity contribution in [2.24, 2.45) is 0 Å². The van der Waals surface area contributed by atoms with E-state index in [0.29, 0.717) is 36.4 Å². The largest absolute Gasteiger partial charge is 0.484 e. The van der Waals surface area contributed by atoms with Crippen molar-refractivity contribution in [3.05, 3.63) is 65.5 Å². The van der Waals surface area contributed by atoms with E-state index in [1.807, 2.05) is 20.8 Å². The van der Waals surface area contributed by atoms with Gasteiger partial charge in [0.1, 0.15) is 17.2 Å². The molecular weight excluding hydrogens is 333 g/mol. The van der Waals surface area contributed by atoms with Crippen molar-refractivity contribution in [2.75, 3.05) is 19.7 Å². The summed E-state index contributed by atoms with van der Waals surface area (Å²) in [6.07, 6.45) is 0.444. The Morgan fingerprint density at radius 2 is 1.50 bits per heavy atom. The molecule has 0 saturated heterocycles. The van der Waals surface area contributed by atoms with Gasteiger partial charge in [-0.3, -0.25) is 4.79 Å².